The standard InChI is InChI=1S/C32H29F2N3O2/c33-32(34)29-22-7-1-3-9-24(22)31(25-10-4-2-8-23(25)30(29)32)37-17-15-36(16-18-37)19-21(38)20-39-28-13-5-12-27-26(28)11-6-14-35-27/h1-15,17,21,29-31,38H,16,18-20H2/t21-,29-,30+,31?/m1/s1. The molecule has 3 aliphatic rings. The van der Waals surface area contributed by atoms with Crippen molar-refractivity contribution in [3.63, 3.8) is 0 Å². The van der Waals surface area contributed by atoms with Gasteiger partial charge in [0.15, 0.2) is 0 Å². The van der Waals surface area contributed by atoms with Crippen LogP contribution in [0.3, 0.4) is 0 Å². The molecule has 0 spiro atoms. The number of aliphatic hydroxyl groups is 1. The van der Waals surface area contributed by atoms with Crippen molar-refractivity contribution in [3.8, 4) is 5.75 Å². The van der Waals surface area contributed by atoms with Crippen LogP contribution < -0.4 is 4.74 Å². The molecule has 1 fully saturated rings. The van der Waals surface area contributed by atoms with Crippen molar-refractivity contribution >= 4 is 10.9 Å². The first kappa shape index (κ1) is 24.1. The summed E-state index contributed by atoms with van der Waals surface area (Å²) in [5.41, 5.74) is 4.25. The average molecular weight is 526 g/mol. The third-order valence-electron chi connectivity index (χ3n) is 8.23. The lowest BCUT2D eigenvalue weighted by atomic mass is 9.90. The molecule has 4 atom stereocenters. The normalized spacial score (nSPS) is 23.4. The van der Waals surface area contributed by atoms with Crippen molar-refractivity contribution in [1.29, 1.82) is 0 Å². The summed E-state index contributed by atoms with van der Waals surface area (Å²) in [5.74, 6) is -3.54. The number of aromatic nitrogens is 1. The number of aliphatic hydroxyl groups excluding tert-OH is 1. The van der Waals surface area contributed by atoms with Gasteiger partial charge in [0.2, 0.25) is 0 Å². The average Bonchev–Trinajstić information content (AvgIpc) is 3.58. The number of nitrogens with zero attached hydrogens (tertiary/aromatic N) is 3. The number of fused-ring (bicyclic) bond motifs is 6. The van der Waals surface area contributed by atoms with Crippen LogP contribution in [0.15, 0.2) is 97.5 Å². The maximum Gasteiger partial charge on any atom is 0.263 e. The molecule has 7 rings (SSSR count). The second-order valence-electron chi connectivity index (χ2n) is 10.6. The van der Waals surface area contributed by atoms with Crippen LogP contribution >= 0.6 is 0 Å². The summed E-state index contributed by atoms with van der Waals surface area (Å²) >= 11 is 0. The number of ether oxygens (including phenoxy) is 1. The smallest absolute Gasteiger partial charge is 0.263 e. The van der Waals surface area contributed by atoms with Gasteiger partial charge in [0, 0.05) is 43.6 Å². The molecule has 7 heteroatoms. The Morgan fingerprint density at radius 3 is 2.21 bits per heavy atom. The fraction of sp³-hybridized carbons (Fsp3) is 0.281. The van der Waals surface area contributed by atoms with E-state index in [1.807, 2.05) is 91.3 Å². The van der Waals surface area contributed by atoms with Gasteiger partial charge in [-0.1, -0.05) is 54.6 Å². The molecule has 0 radical (unpaired) electrons. The molecule has 5 nitrogen and oxygen atoms in total. The third kappa shape index (κ3) is 4.12. The van der Waals surface area contributed by atoms with E-state index >= 15 is 0 Å². The van der Waals surface area contributed by atoms with Gasteiger partial charge in [-0.15, -0.1) is 0 Å². The molecular weight excluding hydrogens is 496 g/mol. The number of alkyl halides is 2. The van der Waals surface area contributed by atoms with Gasteiger partial charge in [-0.25, -0.2) is 8.78 Å². The van der Waals surface area contributed by atoms with Crippen molar-refractivity contribution in [1.82, 2.24) is 14.8 Å². The zero-order chi connectivity index (χ0) is 26.6. The van der Waals surface area contributed by atoms with E-state index in [2.05, 4.69) is 14.8 Å². The highest BCUT2D eigenvalue weighted by Gasteiger charge is 2.71. The number of hydrogen-bond acceptors (Lipinski definition) is 5. The van der Waals surface area contributed by atoms with Crippen LogP contribution in [0.2, 0.25) is 0 Å². The zero-order valence-electron chi connectivity index (χ0n) is 21.3. The zero-order valence-corrected chi connectivity index (χ0v) is 21.3. The first-order valence-corrected chi connectivity index (χ1v) is 13.4. The molecule has 39 heavy (non-hydrogen) atoms. The van der Waals surface area contributed by atoms with Crippen molar-refractivity contribution in [2.75, 3.05) is 26.2 Å². The van der Waals surface area contributed by atoms with Gasteiger partial charge in [-0.3, -0.25) is 4.98 Å². The lowest BCUT2D eigenvalue weighted by Gasteiger charge is -2.38. The molecule has 4 aromatic rings. The molecule has 2 aliphatic carbocycles. The van der Waals surface area contributed by atoms with Crippen molar-refractivity contribution in [2.24, 2.45) is 0 Å². The summed E-state index contributed by atoms with van der Waals surface area (Å²) in [5, 5.41) is 11.6. The van der Waals surface area contributed by atoms with E-state index in [9.17, 15) is 13.9 Å². The number of pyridine rings is 1. The van der Waals surface area contributed by atoms with Gasteiger partial charge >= 0.3 is 0 Å². The summed E-state index contributed by atoms with van der Waals surface area (Å²) in [6.45, 7) is 2.01. The van der Waals surface area contributed by atoms with Crippen LogP contribution in [-0.4, -0.2) is 58.2 Å². The largest absolute Gasteiger partial charge is 0.490 e. The third-order valence-corrected chi connectivity index (χ3v) is 8.23. The van der Waals surface area contributed by atoms with E-state index in [0.29, 0.717) is 25.4 Å². The van der Waals surface area contributed by atoms with Gasteiger partial charge in [0.1, 0.15) is 18.5 Å². The Hall–Kier alpha value is -3.97. The maximum absolute atomic E-state index is 15.0. The lowest BCUT2D eigenvalue weighted by molar-refractivity contribution is 0.0759. The van der Waals surface area contributed by atoms with Crippen molar-refractivity contribution in [3.05, 3.63) is 120 Å². The Kier molecular flexibility index (Phi) is 5.77. The Labute approximate surface area is 226 Å². The number of benzene rings is 3. The molecule has 1 N–H and O–H groups in total. The first-order chi connectivity index (χ1) is 19.0. The predicted molar refractivity (Wildman–Crippen MR) is 146 cm³/mol. The van der Waals surface area contributed by atoms with Crippen LogP contribution in [0.25, 0.3) is 10.9 Å². The van der Waals surface area contributed by atoms with Crippen molar-refractivity contribution in [2.45, 2.75) is 29.9 Å². The van der Waals surface area contributed by atoms with Crippen LogP contribution in [0.5, 0.6) is 5.75 Å². The Morgan fingerprint density at radius 1 is 0.846 bits per heavy atom. The van der Waals surface area contributed by atoms with Gasteiger partial charge in [-0.05, 0) is 46.5 Å². The summed E-state index contributed by atoms with van der Waals surface area (Å²) in [7, 11) is 0. The van der Waals surface area contributed by atoms with Crippen molar-refractivity contribution < 1.29 is 18.6 Å². The Bertz CT molecular complexity index is 1500. The number of β-amino-alcohol motifs (C(OH)–C–C–N with tert-alkyl or cyclic N) is 1. The second-order valence-corrected chi connectivity index (χ2v) is 10.6. The highest BCUT2D eigenvalue weighted by atomic mass is 19.3. The molecule has 2 heterocycles. The number of hydrogen-bond donors (Lipinski definition) is 1. The van der Waals surface area contributed by atoms with Crippen LogP contribution in [0.1, 0.15) is 40.1 Å². The Morgan fingerprint density at radius 2 is 1.54 bits per heavy atom. The van der Waals surface area contributed by atoms with Gasteiger partial charge in [-0.2, -0.15) is 0 Å². The fourth-order valence-corrected chi connectivity index (χ4v) is 6.36. The van der Waals surface area contributed by atoms with E-state index in [0.717, 1.165) is 33.2 Å². The minimum absolute atomic E-state index is 0.132. The Balaban J connectivity index is 1.08. The minimum Gasteiger partial charge on any atom is -0.490 e. The molecule has 1 saturated carbocycles. The molecule has 1 unspecified atom stereocenters. The molecule has 198 valence electrons. The predicted octanol–water partition coefficient (Wildman–Crippen LogP) is 5.68. The quantitative estimate of drug-likeness (QED) is 0.351. The van der Waals surface area contributed by atoms with E-state index in [1.54, 1.807) is 6.20 Å². The van der Waals surface area contributed by atoms with Crippen LogP contribution in [-0.2, 0) is 0 Å². The molecule has 1 aliphatic heterocycles. The fourth-order valence-electron chi connectivity index (χ4n) is 6.36. The van der Waals surface area contributed by atoms with E-state index < -0.39 is 23.9 Å². The molecule has 0 bridgehead atoms. The molecule has 0 saturated heterocycles. The maximum atomic E-state index is 15.0. The van der Waals surface area contributed by atoms with E-state index in [1.165, 1.54) is 0 Å². The van der Waals surface area contributed by atoms with Gasteiger partial charge < -0.3 is 19.6 Å². The van der Waals surface area contributed by atoms with Crippen LogP contribution in [0.4, 0.5) is 8.78 Å². The number of halogens is 2. The van der Waals surface area contributed by atoms with E-state index in [-0.39, 0.29) is 12.6 Å². The lowest BCUT2D eigenvalue weighted by Crippen LogP contribution is -2.41. The van der Waals surface area contributed by atoms with Gasteiger partial charge in [0.25, 0.3) is 5.92 Å². The summed E-state index contributed by atoms with van der Waals surface area (Å²) in [4.78, 5) is 8.67. The second kappa shape index (κ2) is 9.35. The summed E-state index contributed by atoms with van der Waals surface area (Å²) in [6, 6.07) is 24.8. The van der Waals surface area contributed by atoms with E-state index in [4.69, 9.17) is 4.74 Å². The molecule has 1 aromatic heterocycles. The molecule has 3 aromatic carbocycles. The molecule has 0 amide bonds. The summed E-state index contributed by atoms with van der Waals surface area (Å²) < 4.78 is 35.9. The highest BCUT2D eigenvalue weighted by Crippen LogP contribution is 2.70. The highest BCUT2D eigenvalue weighted by molar-refractivity contribution is 5.84. The molecular formula is C32H29F2N3O2. The number of rotatable bonds is 6. The van der Waals surface area contributed by atoms with Gasteiger partial charge in [0.05, 0.1) is 23.4 Å². The van der Waals surface area contributed by atoms with Crippen LogP contribution in [0, 0.1) is 0 Å². The minimum atomic E-state index is -2.72. The monoisotopic (exact) mass is 525 g/mol. The first-order valence-electron chi connectivity index (χ1n) is 13.4. The SMILES string of the molecule is O[C@@H](COc1cccc2ncccc12)CN1C=CN(C2c3ccccc3[C@@H]3[C@H](c4ccccc42)C3(F)F)CC1. The topological polar surface area (TPSA) is 48.8 Å². The summed E-state index contributed by atoms with van der Waals surface area (Å²) in [6.07, 6.45) is 5.08.